The molecule has 2 unspecified atom stereocenters. The molecule has 17 heavy (non-hydrogen) atoms. The Morgan fingerprint density at radius 1 is 1.35 bits per heavy atom. The number of rotatable bonds is 3. The fourth-order valence-corrected chi connectivity index (χ4v) is 2.89. The van der Waals surface area contributed by atoms with Gasteiger partial charge in [0.2, 0.25) is 0 Å². The molecular formula is C13H27N3O. The van der Waals surface area contributed by atoms with Crippen molar-refractivity contribution in [3.63, 3.8) is 0 Å². The number of nitrogens with one attached hydrogen (secondary N) is 1. The SMILES string of the molecule is CC(C1CNCCO1)N(C)C1CCN(C)CC1. The van der Waals surface area contributed by atoms with Crippen molar-refractivity contribution in [1.82, 2.24) is 15.1 Å². The Hall–Kier alpha value is -0.160. The third-order valence-corrected chi connectivity index (χ3v) is 4.40. The average molecular weight is 241 g/mol. The summed E-state index contributed by atoms with van der Waals surface area (Å²) in [6.07, 6.45) is 2.93. The molecule has 0 radical (unpaired) electrons. The molecule has 1 N–H and O–H groups in total. The summed E-state index contributed by atoms with van der Waals surface area (Å²) in [6.45, 7) is 7.61. The Labute approximate surface area is 105 Å². The third kappa shape index (κ3) is 3.41. The number of morpholine rings is 1. The topological polar surface area (TPSA) is 27.7 Å². The minimum atomic E-state index is 0.355. The van der Waals surface area contributed by atoms with Crippen LogP contribution in [0.3, 0.4) is 0 Å². The van der Waals surface area contributed by atoms with Gasteiger partial charge >= 0.3 is 0 Å². The van der Waals surface area contributed by atoms with Gasteiger partial charge in [0.15, 0.2) is 0 Å². The fourth-order valence-electron chi connectivity index (χ4n) is 2.89. The molecule has 0 spiro atoms. The van der Waals surface area contributed by atoms with Crippen molar-refractivity contribution >= 4 is 0 Å². The van der Waals surface area contributed by atoms with Gasteiger partial charge in [-0.15, -0.1) is 0 Å². The van der Waals surface area contributed by atoms with E-state index in [1.54, 1.807) is 0 Å². The lowest BCUT2D eigenvalue weighted by atomic mass is 10.0. The van der Waals surface area contributed by atoms with E-state index in [4.69, 9.17) is 4.74 Å². The van der Waals surface area contributed by atoms with E-state index < -0.39 is 0 Å². The third-order valence-electron chi connectivity index (χ3n) is 4.40. The van der Waals surface area contributed by atoms with Gasteiger partial charge in [0.25, 0.3) is 0 Å². The van der Waals surface area contributed by atoms with Crippen LogP contribution in [0.25, 0.3) is 0 Å². The van der Waals surface area contributed by atoms with Gasteiger partial charge in [-0.2, -0.15) is 0 Å². The van der Waals surface area contributed by atoms with Gasteiger partial charge in [0, 0.05) is 25.2 Å². The van der Waals surface area contributed by atoms with Gasteiger partial charge in [-0.3, -0.25) is 4.90 Å². The number of nitrogens with zero attached hydrogens (tertiary/aromatic N) is 2. The second kappa shape index (κ2) is 6.14. The summed E-state index contributed by atoms with van der Waals surface area (Å²) in [4.78, 5) is 4.96. The van der Waals surface area contributed by atoms with Gasteiger partial charge in [0.1, 0.15) is 0 Å². The lowest BCUT2D eigenvalue weighted by molar-refractivity contribution is -0.0353. The zero-order valence-corrected chi connectivity index (χ0v) is 11.5. The standard InChI is InChI=1S/C13H27N3O/c1-11(13-10-14-6-9-17-13)16(3)12-4-7-15(2)8-5-12/h11-14H,4-10H2,1-3H3. The summed E-state index contributed by atoms with van der Waals surface area (Å²) in [5, 5.41) is 3.42. The van der Waals surface area contributed by atoms with E-state index in [1.807, 2.05) is 0 Å². The lowest BCUT2D eigenvalue weighted by Crippen LogP contribution is -2.54. The maximum absolute atomic E-state index is 5.86. The Morgan fingerprint density at radius 2 is 2.06 bits per heavy atom. The molecule has 0 aromatic carbocycles. The molecule has 100 valence electrons. The summed E-state index contributed by atoms with van der Waals surface area (Å²) < 4.78 is 5.86. The smallest absolute Gasteiger partial charge is 0.0852 e. The minimum absolute atomic E-state index is 0.355. The van der Waals surface area contributed by atoms with Gasteiger partial charge in [0.05, 0.1) is 12.7 Å². The van der Waals surface area contributed by atoms with E-state index in [1.165, 1.54) is 25.9 Å². The first kappa shape index (κ1) is 13.3. The summed E-state index contributed by atoms with van der Waals surface area (Å²) in [7, 11) is 4.48. The van der Waals surface area contributed by atoms with Crippen molar-refractivity contribution in [3.8, 4) is 0 Å². The van der Waals surface area contributed by atoms with Crippen LogP contribution >= 0.6 is 0 Å². The fraction of sp³-hybridized carbons (Fsp3) is 1.00. The highest BCUT2D eigenvalue weighted by molar-refractivity contribution is 4.85. The van der Waals surface area contributed by atoms with E-state index >= 15 is 0 Å². The number of likely N-dealkylation sites (tertiary alicyclic amines) is 1. The minimum Gasteiger partial charge on any atom is -0.374 e. The summed E-state index contributed by atoms with van der Waals surface area (Å²) >= 11 is 0. The largest absolute Gasteiger partial charge is 0.374 e. The molecule has 2 atom stereocenters. The van der Waals surface area contributed by atoms with E-state index in [9.17, 15) is 0 Å². The van der Waals surface area contributed by atoms with Crippen LogP contribution in [0, 0.1) is 0 Å². The van der Waals surface area contributed by atoms with Gasteiger partial charge in [-0.1, -0.05) is 0 Å². The van der Waals surface area contributed by atoms with Crippen LogP contribution < -0.4 is 5.32 Å². The Kier molecular flexibility index (Phi) is 4.79. The van der Waals surface area contributed by atoms with Crippen molar-refractivity contribution in [2.75, 3.05) is 46.9 Å². The highest BCUT2D eigenvalue weighted by atomic mass is 16.5. The molecule has 0 amide bonds. The molecular weight excluding hydrogens is 214 g/mol. The Morgan fingerprint density at radius 3 is 2.65 bits per heavy atom. The van der Waals surface area contributed by atoms with Gasteiger partial charge in [-0.05, 0) is 47.0 Å². The normalized spacial score (nSPS) is 30.7. The molecule has 0 aromatic heterocycles. The molecule has 2 fully saturated rings. The van der Waals surface area contributed by atoms with Crippen LogP contribution in [0.4, 0.5) is 0 Å². The quantitative estimate of drug-likeness (QED) is 0.773. The van der Waals surface area contributed by atoms with E-state index in [-0.39, 0.29) is 0 Å². The second-order valence-electron chi connectivity index (χ2n) is 5.55. The maximum atomic E-state index is 5.86. The molecule has 2 aliphatic heterocycles. The molecule has 0 bridgehead atoms. The number of likely N-dealkylation sites (N-methyl/N-ethyl adjacent to an activating group) is 1. The van der Waals surface area contributed by atoms with Crippen LogP contribution in [0.5, 0.6) is 0 Å². The zero-order chi connectivity index (χ0) is 12.3. The molecule has 0 aliphatic carbocycles. The highest BCUT2D eigenvalue weighted by Crippen LogP contribution is 2.19. The second-order valence-corrected chi connectivity index (χ2v) is 5.55. The first-order valence-electron chi connectivity index (χ1n) is 6.91. The van der Waals surface area contributed by atoms with Gasteiger partial charge in [-0.25, -0.2) is 0 Å². The van der Waals surface area contributed by atoms with Crippen LogP contribution in [0.2, 0.25) is 0 Å². The van der Waals surface area contributed by atoms with Crippen LogP contribution in [0.15, 0.2) is 0 Å². The molecule has 2 rings (SSSR count). The number of piperidine rings is 1. The van der Waals surface area contributed by atoms with Gasteiger partial charge < -0.3 is 15.0 Å². The lowest BCUT2D eigenvalue weighted by Gasteiger charge is -2.41. The van der Waals surface area contributed by atoms with E-state index in [2.05, 4.69) is 36.1 Å². The van der Waals surface area contributed by atoms with Crippen molar-refractivity contribution in [3.05, 3.63) is 0 Å². The van der Waals surface area contributed by atoms with Crippen LogP contribution in [-0.2, 0) is 4.74 Å². The van der Waals surface area contributed by atoms with Crippen molar-refractivity contribution < 1.29 is 4.74 Å². The first-order valence-corrected chi connectivity index (χ1v) is 6.91. The summed E-state index contributed by atoms with van der Waals surface area (Å²) in [6, 6.07) is 1.24. The summed E-state index contributed by atoms with van der Waals surface area (Å²) in [5.41, 5.74) is 0. The Bertz CT molecular complexity index is 223. The molecule has 4 heteroatoms. The van der Waals surface area contributed by atoms with Crippen molar-refractivity contribution in [2.45, 2.75) is 38.0 Å². The molecule has 2 heterocycles. The van der Waals surface area contributed by atoms with Crippen molar-refractivity contribution in [2.24, 2.45) is 0 Å². The molecule has 4 nitrogen and oxygen atoms in total. The van der Waals surface area contributed by atoms with Crippen molar-refractivity contribution in [1.29, 1.82) is 0 Å². The van der Waals surface area contributed by atoms with Crippen LogP contribution in [0.1, 0.15) is 19.8 Å². The molecule has 2 aliphatic rings. The van der Waals surface area contributed by atoms with Crippen LogP contribution in [-0.4, -0.2) is 74.9 Å². The predicted octanol–water partition coefficient (Wildman–Crippen LogP) is 0.389. The molecule has 0 aromatic rings. The van der Waals surface area contributed by atoms with E-state index in [0.29, 0.717) is 12.1 Å². The molecule has 0 saturated carbocycles. The monoisotopic (exact) mass is 241 g/mol. The zero-order valence-electron chi connectivity index (χ0n) is 11.5. The highest BCUT2D eigenvalue weighted by Gasteiger charge is 2.29. The summed E-state index contributed by atoms with van der Waals surface area (Å²) in [5.74, 6) is 0. The molecule has 2 saturated heterocycles. The maximum Gasteiger partial charge on any atom is 0.0852 e. The number of hydrogen-bond donors (Lipinski definition) is 1. The predicted molar refractivity (Wildman–Crippen MR) is 70.4 cm³/mol. The van der Waals surface area contributed by atoms with E-state index in [0.717, 1.165) is 25.7 Å². The number of ether oxygens (including phenoxy) is 1. The first-order chi connectivity index (χ1) is 8.18. The Balaban J connectivity index is 1.83. The number of hydrogen-bond acceptors (Lipinski definition) is 4. The average Bonchev–Trinajstić information content (AvgIpc) is 2.39.